The lowest BCUT2D eigenvalue weighted by molar-refractivity contribution is -0.905. The number of aromatic nitrogens is 1. The van der Waals surface area contributed by atoms with Crippen LogP contribution in [0.3, 0.4) is 0 Å². The summed E-state index contributed by atoms with van der Waals surface area (Å²) in [6.07, 6.45) is 2.97. The van der Waals surface area contributed by atoms with E-state index in [9.17, 15) is 13.6 Å². The molecule has 0 bridgehead atoms. The SMILES string of the molecule is CC(C)Oc1ccc(S(=O)(=O)Nc2ccc(Cl)cc2Sc2cc[n+](O)cc2)cc1. The van der Waals surface area contributed by atoms with E-state index in [0.717, 1.165) is 9.63 Å². The van der Waals surface area contributed by atoms with Gasteiger partial charge in [0.05, 0.1) is 16.7 Å². The quantitative estimate of drug-likeness (QED) is 0.405. The van der Waals surface area contributed by atoms with Crippen LogP contribution in [0.5, 0.6) is 5.75 Å². The second-order valence-electron chi connectivity index (χ2n) is 6.40. The second kappa shape index (κ2) is 8.94. The summed E-state index contributed by atoms with van der Waals surface area (Å²) < 4.78 is 34.8. The third-order valence-corrected chi connectivity index (χ3v) is 6.39. The highest BCUT2D eigenvalue weighted by molar-refractivity contribution is 7.99. The summed E-state index contributed by atoms with van der Waals surface area (Å²) in [7, 11) is -3.80. The lowest BCUT2D eigenvalue weighted by atomic mass is 10.3. The van der Waals surface area contributed by atoms with Crippen molar-refractivity contribution in [1.29, 1.82) is 0 Å². The lowest BCUT2D eigenvalue weighted by Gasteiger charge is -2.14. The first-order chi connectivity index (χ1) is 13.7. The summed E-state index contributed by atoms with van der Waals surface area (Å²) in [5.74, 6) is 0.604. The number of hydrogen-bond donors (Lipinski definition) is 2. The van der Waals surface area contributed by atoms with E-state index in [1.807, 2.05) is 13.8 Å². The third kappa shape index (κ3) is 5.79. The number of hydrogen-bond acceptors (Lipinski definition) is 5. The van der Waals surface area contributed by atoms with E-state index < -0.39 is 10.0 Å². The Hall–Kier alpha value is -2.42. The van der Waals surface area contributed by atoms with Crippen molar-refractivity contribution in [3.8, 4) is 5.75 Å². The van der Waals surface area contributed by atoms with Gasteiger partial charge >= 0.3 is 0 Å². The van der Waals surface area contributed by atoms with E-state index in [1.54, 1.807) is 42.5 Å². The Kier molecular flexibility index (Phi) is 6.56. The Bertz CT molecular complexity index is 1090. The molecule has 0 aliphatic carbocycles. The van der Waals surface area contributed by atoms with Gasteiger partial charge in [0.2, 0.25) is 12.4 Å². The van der Waals surface area contributed by atoms with E-state index in [4.69, 9.17) is 16.3 Å². The normalized spacial score (nSPS) is 11.4. The molecule has 9 heteroatoms. The molecule has 0 unspecified atom stereocenters. The van der Waals surface area contributed by atoms with Crippen LogP contribution in [0.2, 0.25) is 5.02 Å². The van der Waals surface area contributed by atoms with Gasteiger partial charge in [-0.15, -0.1) is 0 Å². The number of nitrogens with zero attached hydrogens (tertiary/aromatic N) is 1. The van der Waals surface area contributed by atoms with E-state index >= 15 is 0 Å². The van der Waals surface area contributed by atoms with Crippen LogP contribution in [0.1, 0.15) is 13.8 Å². The van der Waals surface area contributed by atoms with Gasteiger partial charge in [-0.1, -0.05) is 23.4 Å². The Morgan fingerprint density at radius 1 is 1.07 bits per heavy atom. The molecule has 0 saturated heterocycles. The maximum absolute atomic E-state index is 12.8. The molecule has 2 aromatic carbocycles. The molecule has 2 N–H and O–H groups in total. The largest absolute Gasteiger partial charge is 0.491 e. The summed E-state index contributed by atoms with van der Waals surface area (Å²) in [6.45, 7) is 3.80. The van der Waals surface area contributed by atoms with Gasteiger partial charge in [0, 0.05) is 31.7 Å². The Balaban J connectivity index is 1.85. The molecule has 0 saturated carbocycles. The average Bonchev–Trinajstić information content (AvgIpc) is 2.66. The van der Waals surface area contributed by atoms with Crippen molar-refractivity contribution >= 4 is 39.1 Å². The number of anilines is 1. The fraction of sp³-hybridized carbons (Fsp3) is 0.150. The van der Waals surface area contributed by atoms with Crippen LogP contribution >= 0.6 is 23.4 Å². The highest BCUT2D eigenvalue weighted by Crippen LogP contribution is 2.36. The van der Waals surface area contributed by atoms with Crippen molar-refractivity contribution in [2.24, 2.45) is 0 Å². The van der Waals surface area contributed by atoms with Crippen LogP contribution in [-0.2, 0) is 10.0 Å². The highest BCUT2D eigenvalue weighted by Gasteiger charge is 2.17. The summed E-state index contributed by atoms with van der Waals surface area (Å²) in [5, 5.41) is 9.84. The minimum atomic E-state index is -3.80. The standard InChI is InChI=1S/C20H20ClN2O4S2/c1-14(2)27-16-4-6-18(7-5-16)29(25,26)22-19-8-3-15(21)13-20(19)28-17-9-11-23(24)12-10-17/h3-14,22,24H,1-2H3/q+1. The van der Waals surface area contributed by atoms with Crippen LogP contribution in [0.15, 0.2) is 81.7 Å². The third-order valence-electron chi connectivity index (χ3n) is 3.70. The van der Waals surface area contributed by atoms with Gasteiger partial charge in [-0.3, -0.25) is 9.93 Å². The van der Waals surface area contributed by atoms with Crippen LogP contribution in [0.25, 0.3) is 0 Å². The summed E-state index contributed by atoms with van der Waals surface area (Å²) >= 11 is 7.43. The highest BCUT2D eigenvalue weighted by atomic mass is 35.5. The number of nitrogens with one attached hydrogen (secondary N) is 1. The number of ether oxygens (including phenoxy) is 1. The molecule has 6 nitrogen and oxygen atoms in total. The smallest absolute Gasteiger partial charge is 0.261 e. The average molecular weight is 452 g/mol. The molecule has 0 atom stereocenters. The molecule has 0 spiro atoms. The minimum Gasteiger partial charge on any atom is -0.491 e. The van der Waals surface area contributed by atoms with Gasteiger partial charge in [-0.05, 0) is 56.3 Å². The van der Waals surface area contributed by atoms with E-state index in [1.165, 1.54) is 36.3 Å². The molecule has 3 aromatic rings. The zero-order valence-electron chi connectivity index (χ0n) is 15.7. The second-order valence-corrected chi connectivity index (χ2v) is 9.63. The van der Waals surface area contributed by atoms with Crippen molar-refractivity contribution in [2.75, 3.05) is 4.72 Å². The molecule has 0 radical (unpaired) electrons. The summed E-state index contributed by atoms with van der Waals surface area (Å²) in [4.78, 5) is 1.57. The molecule has 0 fully saturated rings. The molecule has 1 heterocycles. The van der Waals surface area contributed by atoms with Gasteiger partial charge in [0.1, 0.15) is 5.75 Å². The van der Waals surface area contributed by atoms with Gasteiger partial charge in [-0.25, -0.2) is 8.42 Å². The predicted octanol–water partition coefficient (Wildman–Crippen LogP) is 4.60. The molecule has 0 aliphatic heterocycles. The first-order valence-corrected chi connectivity index (χ1v) is 11.4. The fourth-order valence-electron chi connectivity index (χ4n) is 2.44. The maximum Gasteiger partial charge on any atom is 0.261 e. The van der Waals surface area contributed by atoms with Crippen molar-refractivity contribution in [2.45, 2.75) is 34.6 Å². The predicted molar refractivity (Wildman–Crippen MR) is 112 cm³/mol. The van der Waals surface area contributed by atoms with Crippen LogP contribution < -0.4 is 14.2 Å². The maximum atomic E-state index is 12.8. The van der Waals surface area contributed by atoms with Crippen molar-refractivity contribution in [1.82, 2.24) is 0 Å². The summed E-state index contributed by atoms with van der Waals surface area (Å²) in [5.41, 5.74) is 0.405. The van der Waals surface area contributed by atoms with Crippen LogP contribution in [-0.4, -0.2) is 19.7 Å². The molecule has 0 aliphatic rings. The zero-order chi connectivity index (χ0) is 21.0. The lowest BCUT2D eigenvalue weighted by Crippen LogP contribution is -2.27. The monoisotopic (exact) mass is 451 g/mol. The fourth-order valence-corrected chi connectivity index (χ4v) is 4.75. The van der Waals surface area contributed by atoms with Gasteiger partial charge in [-0.2, -0.15) is 0 Å². The van der Waals surface area contributed by atoms with E-state index in [-0.39, 0.29) is 11.0 Å². The van der Waals surface area contributed by atoms with Gasteiger partial charge in [0.25, 0.3) is 10.0 Å². The molecule has 1 aromatic heterocycles. The van der Waals surface area contributed by atoms with Crippen molar-refractivity contribution < 1.29 is 23.1 Å². The Morgan fingerprint density at radius 3 is 2.34 bits per heavy atom. The van der Waals surface area contributed by atoms with Crippen LogP contribution in [0.4, 0.5) is 5.69 Å². The van der Waals surface area contributed by atoms with E-state index in [0.29, 0.717) is 21.4 Å². The molecule has 29 heavy (non-hydrogen) atoms. The van der Waals surface area contributed by atoms with Crippen molar-refractivity contribution in [3.63, 3.8) is 0 Å². The van der Waals surface area contributed by atoms with Crippen LogP contribution in [0, 0.1) is 0 Å². The number of pyridine rings is 1. The Morgan fingerprint density at radius 2 is 1.72 bits per heavy atom. The summed E-state index contributed by atoms with van der Waals surface area (Å²) in [6, 6.07) is 14.6. The number of halogens is 1. The molecule has 152 valence electrons. The molecular weight excluding hydrogens is 432 g/mol. The number of sulfonamides is 1. The van der Waals surface area contributed by atoms with Crippen molar-refractivity contribution in [3.05, 3.63) is 72.0 Å². The topological polar surface area (TPSA) is 79.5 Å². The van der Waals surface area contributed by atoms with Gasteiger partial charge < -0.3 is 4.74 Å². The van der Waals surface area contributed by atoms with E-state index in [2.05, 4.69) is 4.72 Å². The molecule has 0 amide bonds. The number of rotatable bonds is 7. The van der Waals surface area contributed by atoms with Gasteiger partial charge in [0.15, 0.2) is 0 Å². The molecular formula is C20H20ClN2O4S2+. The first kappa shape index (κ1) is 21.3. The minimum absolute atomic E-state index is 0.00234. The Labute approximate surface area is 179 Å². The number of benzene rings is 2. The first-order valence-electron chi connectivity index (χ1n) is 8.70. The zero-order valence-corrected chi connectivity index (χ0v) is 18.1. The molecule has 3 rings (SSSR count).